The van der Waals surface area contributed by atoms with Crippen molar-refractivity contribution in [2.24, 2.45) is 5.10 Å². The molecule has 0 radical (unpaired) electrons. The molecular formula is C19H20N2O3. The molecule has 0 unspecified atom stereocenters. The highest BCUT2D eigenvalue weighted by Crippen LogP contribution is 2.35. The minimum Gasteiger partial charge on any atom is -0.493 e. The van der Waals surface area contributed by atoms with Gasteiger partial charge in [0.1, 0.15) is 0 Å². The van der Waals surface area contributed by atoms with E-state index >= 15 is 0 Å². The molecule has 1 aliphatic heterocycles. The van der Waals surface area contributed by atoms with E-state index < -0.39 is 0 Å². The van der Waals surface area contributed by atoms with Gasteiger partial charge in [0.2, 0.25) is 5.91 Å². The Hall–Kier alpha value is -2.82. The van der Waals surface area contributed by atoms with E-state index in [4.69, 9.17) is 9.47 Å². The number of hydrogen-bond donors (Lipinski definition) is 0. The molecule has 0 spiro atoms. The van der Waals surface area contributed by atoms with Gasteiger partial charge in [0, 0.05) is 18.9 Å². The van der Waals surface area contributed by atoms with E-state index in [2.05, 4.69) is 5.10 Å². The molecule has 2 aromatic rings. The van der Waals surface area contributed by atoms with Crippen LogP contribution >= 0.6 is 0 Å². The zero-order valence-electron chi connectivity index (χ0n) is 14.0. The van der Waals surface area contributed by atoms with Gasteiger partial charge in [-0.3, -0.25) is 4.79 Å². The van der Waals surface area contributed by atoms with Gasteiger partial charge < -0.3 is 9.47 Å². The van der Waals surface area contributed by atoms with Crippen molar-refractivity contribution in [2.75, 3.05) is 14.2 Å². The highest BCUT2D eigenvalue weighted by Gasteiger charge is 2.31. The van der Waals surface area contributed by atoms with Crippen LogP contribution in [0, 0.1) is 0 Å². The van der Waals surface area contributed by atoms with Gasteiger partial charge in [-0.2, -0.15) is 5.10 Å². The average molecular weight is 324 g/mol. The highest BCUT2D eigenvalue weighted by molar-refractivity contribution is 6.03. The summed E-state index contributed by atoms with van der Waals surface area (Å²) in [5, 5.41) is 6.11. The molecular weight excluding hydrogens is 304 g/mol. The maximum atomic E-state index is 12.0. The van der Waals surface area contributed by atoms with E-state index in [0.717, 1.165) is 16.8 Å². The Bertz CT molecular complexity index is 771. The number of nitrogens with zero attached hydrogens (tertiary/aromatic N) is 2. The van der Waals surface area contributed by atoms with E-state index in [0.29, 0.717) is 17.9 Å². The first-order chi connectivity index (χ1) is 11.6. The van der Waals surface area contributed by atoms with Gasteiger partial charge in [0.15, 0.2) is 11.5 Å². The molecule has 0 N–H and O–H groups in total. The van der Waals surface area contributed by atoms with Crippen LogP contribution in [0.2, 0.25) is 0 Å². The smallest absolute Gasteiger partial charge is 0.240 e. The van der Waals surface area contributed by atoms with Gasteiger partial charge in [-0.25, -0.2) is 5.01 Å². The van der Waals surface area contributed by atoms with Gasteiger partial charge in [0.25, 0.3) is 0 Å². The molecule has 1 amide bonds. The molecule has 0 saturated heterocycles. The molecule has 0 aliphatic carbocycles. The lowest BCUT2D eigenvalue weighted by Crippen LogP contribution is -2.24. The molecule has 5 heteroatoms. The summed E-state index contributed by atoms with van der Waals surface area (Å²) < 4.78 is 10.6. The first-order valence-electron chi connectivity index (χ1n) is 7.78. The molecule has 0 aromatic heterocycles. The Labute approximate surface area is 141 Å². The Morgan fingerprint density at radius 3 is 2.42 bits per heavy atom. The van der Waals surface area contributed by atoms with Crippen LogP contribution in [0.15, 0.2) is 53.6 Å². The predicted octanol–water partition coefficient (Wildman–Crippen LogP) is 3.40. The van der Waals surface area contributed by atoms with Gasteiger partial charge in [-0.05, 0) is 23.8 Å². The van der Waals surface area contributed by atoms with Crippen molar-refractivity contribution >= 4 is 11.6 Å². The van der Waals surface area contributed by atoms with Crippen LogP contribution in [0.5, 0.6) is 11.5 Å². The van der Waals surface area contributed by atoms with E-state index in [1.807, 2.05) is 48.5 Å². The van der Waals surface area contributed by atoms with Crippen molar-refractivity contribution in [1.29, 1.82) is 0 Å². The second-order valence-electron chi connectivity index (χ2n) is 5.61. The summed E-state index contributed by atoms with van der Waals surface area (Å²) >= 11 is 0. The fraction of sp³-hybridized carbons (Fsp3) is 0.263. The number of carbonyl (C=O) groups excluding carboxylic acids is 1. The van der Waals surface area contributed by atoms with Crippen molar-refractivity contribution in [2.45, 2.75) is 19.4 Å². The third kappa shape index (κ3) is 2.97. The minimum absolute atomic E-state index is 0.0701. The van der Waals surface area contributed by atoms with Gasteiger partial charge >= 0.3 is 0 Å². The topological polar surface area (TPSA) is 51.1 Å². The molecule has 24 heavy (non-hydrogen) atoms. The number of hydrogen-bond acceptors (Lipinski definition) is 4. The quantitative estimate of drug-likeness (QED) is 0.866. The largest absolute Gasteiger partial charge is 0.493 e. The second kappa shape index (κ2) is 6.74. The van der Waals surface area contributed by atoms with E-state index in [9.17, 15) is 4.79 Å². The summed E-state index contributed by atoms with van der Waals surface area (Å²) in [6.07, 6.45) is 0.666. The van der Waals surface area contributed by atoms with Crippen molar-refractivity contribution in [3.05, 3.63) is 59.7 Å². The third-order valence-corrected chi connectivity index (χ3v) is 4.13. The van der Waals surface area contributed by atoms with E-state index in [-0.39, 0.29) is 11.9 Å². The molecule has 1 heterocycles. The van der Waals surface area contributed by atoms with Crippen molar-refractivity contribution in [3.63, 3.8) is 0 Å². The lowest BCUT2D eigenvalue weighted by Gasteiger charge is -2.20. The standard InChI is InChI=1S/C19H20N2O3/c1-13(22)21-17(14-7-5-4-6-8-14)12-16(20-21)15-9-10-18(23-2)19(11-15)24-3/h4-11,17H,12H2,1-3H3/t17-/m1/s1. The first kappa shape index (κ1) is 16.1. The van der Waals surface area contributed by atoms with Gasteiger partial charge in [0.05, 0.1) is 26.0 Å². The summed E-state index contributed by atoms with van der Waals surface area (Å²) in [5.74, 6) is 1.25. The molecule has 2 aromatic carbocycles. The second-order valence-corrected chi connectivity index (χ2v) is 5.61. The van der Waals surface area contributed by atoms with Crippen molar-refractivity contribution in [1.82, 2.24) is 5.01 Å². The first-order valence-corrected chi connectivity index (χ1v) is 7.78. The summed E-state index contributed by atoms with van der Waals surface area (Å²) in [6.45, 7) is 1.54. The lowest BCUT2D eigenvalue weighted by atomic mass is 9.98. The fourth-order valence-corrected chi connectivity index (χ4v) is 2.93. The van der Waals surface area contributed by atoms with E-state index in [1.165, 1.54) is 6.92 Å². The summed E-state index contributed by atoms with van der Waals surface area (Å²) in [5.41, 5.74) is 2.87. The van der Waals surface area contributed by atoms with Gasteiger partial charge in [-0.15, -0.1) is 0 Å². The number of methoxy groups -OCH3 is 2. The molecule has 5 nitrogen and oxygen atoms in total. The maximum Gasteiger partial charge on any atom is 0.240 e. The summed E-state index contributed by atoms with van der Waals surface area (Å²) in [7, 11) is 3.21. The Balaban J connectivity index is 1.95. The van der Waals surface area contributed by atoms with Crippen LogP contribution in [0.25, 0.3) is 0 Å². The number of amides is 1. The van der Waals surface area contributed by atoms with Crippen LogP contribution in [0.1, 0.15) is 30.5 Å². The predicted molar refractivity (Wildman–Crippen MR) is 92.4 cm³/mol. The Morgan fingerprint density at radius 1 is 1.08 bits per heavy atom. The molecule has 0 saturated carbocycles. The average Bonchev–Trinajstić information content (AvgIpc) is 3.07. The number of carbonyl (C=O) groups is 1. The number of rotatable bonds is 4. The van der Waals surface area contributed by atoms with Crippen LogP contribution in [0.3, 0.4) is 0 Å². The number of benzene rings is 2. The molecule has 0 bridgehead atoms. The van der Waals surface area contributed by atoms with Gasteiger partial charge in [-0.1, -0.05) is 30.3 Å². The zero-order valence-corrected chi connectivity index (χ0v) is 14.0. The maximum absolute atomic E-state index is 12.0. The number of ether oxygens (including phenoxy) is 2. The Morgan fingerprint density at radius 2 is 1.79 bits per heavy atom. The molecule has 124 valence electrons. The molecule has 3 rings (SSSR count). The minimum atomic E-state index is -0.0770. The van der Waals surface area contributed by atoms with Crippen LogP contribution < -0.4 is 9.47 Å². The molecule has 1 atom stereocenters. The van der Waals surface area contributed by atoms with Crippen LogP contribution in [-0.4, -0.2) is 30.8 Å². The molecule has 0 fully saturated rings. The zero-order chi connectivity index (χ0) is 17.1. The number of hydrazone groups is 1. The molecule has 1 aliphatic rings. The third-order valence-electron chi connectivity index (χ3n) is 4.13. The van der Waals surface area contributed by atoms with Crippen LogP contribution in [-0.2, 0) is 4.79 Å². The fourth-order valence-electron chi connectivity index (χ4n) is 2.93. The Kier molecular flexibility index (Phi) is 4.51. The normalized spacial score (nSPS) is 16.7. The lowest BCUT2D eigenvalue weighted by molar-refractivity contribution is -0.130. The van der Waals surface area contributed by atoms with Crippen LogP contribution in [0.4, 0.5) is 0 Å². The van der Waals surface area contributed by atoms with E-state index in [1.54, 1.807) is 19.2 Å². The SMILES string of the molecule is COc1ccc(C2=NN(C(C)=O)[C@@H](c3ccccc3)C2)cc1OC. The summed E-state index contributed by atoms with van der Waals surface area (Å²) in [4.78, 5) is 12.0. The highest BCUT2D eigenvalue weighted by atomic mass is 16.5. The van der Waals surface area contributed by atoms with Crippen molar-refractivity contribution in [3.8, 4) is 11.5 Å². The monoisotopic (exact) mass is 324 g/mol. The summed E-state index contributed by atoms with van der Waals surface area (Å²) in [6, 6.07) is 15.6. The van der Waals surface area contributed by atoms with Crippen molar-refractivity contribution < 1.29 is 14.3 Å².